The van der Waals surface area contributed by atoms with Gasteiger partial charge >= 0.3 is 109 Å². The van der Waals surface area contributed by atoms with Crippen LogP contribution in [0.1, 0.15) is 20.8 Å². The van der Waals surface area contributed by atoms with E-state index >= 15 is 0 Å². The first kappa shape index (κ1) is 16.8. The fraction of sp³-hybridized carbons (Fsp3) is 0.917. The molecule has 0 aliphatic rings. The van der Waals surface area contributed by atoms with Gasteiger partial charge in [0.1, 0.15) is 0 Å². The molecule has 96 valence electrons. The monoisotopic (exact) mass is 397 g/mol. The van der Waals surface area contributed by atoms with Crippen molar-refractivity contribution in [1.82, 2.24) is 3.12 Å². The van der Waals surface area contributed by atoms with Crippen molar-refractivity contribution in [2.45, 2.75) is 56.6 Å². The maximum atomic E-state index is 12.3. The first-order valence-corrected chi connectivity index (χ1v) is 21.6. The normalized spacial score (nSPS) is 12.7. The SMILES string of the molecule is C[CH2][Sn]([CH2]C)([CH2]C)[N](C)C(=O)[CH2][Ge]([CH3])([CH3])[CH3]. The molecule has 0 fully saturated rings. The van der Waals surface area contributed by atoms with Crippen molar-refractivity contribution in [3.63, 3.8) is 0 Å². The van der Waals surface area contributed by atoms with Crippen LogP contribution in [0.3, 0.4) is 0 Å². The minimum absolute atomic E-state index is 0.453. The van der Waals surface area contributed by atoms with Crippen molar-refractivity contribution in [3.05, 3.63) is 0 Å². The molecule has 0 saturated heterocycles. The topological polar surface area (TPSA) is 20.3 Å². The zero-order valence-corrected chi connectivity index (χ0v) is 17.1. The van der Waals surface area contributed by atoms with Gasteiger partial charge in [0, 0.05) is 0 Å². The molecule has 0 heterocycles. The molecule has 0 radical (unpaired) electrons. The van der Waals surface area contributed by atoms with E-state index in [0.717, 1.165) is 5.25 Å². The van der Waals surface area contributed by atoms with Crippen molar-refractivity contribution in [1.29, 1.82) is 0 Å². The van der Waals surface area contributed by atoms with Gasteiger partial charge in [-0.1, -0.05) is 0 Å². The average Bonchev–Trinajstić information content (AvgIpc) is 2.18. The summed E-state index contributed by atoms with van der Waals surface area (Å²) < 4.78 is 6.04. The number of hydrogen-bond acceptors (Lipinski definition) is 1. The molecule has 0 unspecified atom stereocenters. The van der Waals surface area contributed by atoms with Gasteiger partial charge in [0.25, 0.3) is 0 Å². The van der Waals surface area contributed by atoms with Crippen LogP contribution in [0.5, 0.6) is 0 Å². The summed E-state index contributed by atoms with van der Waals surface area (Å²) in [6, 6.07) is 0. The molecule has 1 amide bonds. The van der Waals surface area contributed by atoms with Crippen molar-refractivity contribution < 1.29 is 4.79 Å². The number of amides is 1. The average molecular weight is 395 g/mol. The van der Waals surface area contributed by atoms with Gasteiger partial charge in [0.05, 0.1) is 0 Å². The van der Waals surface area contributed by atoms with E-state index in [-0.39, 0.29) is 0 Å². The second-order valence-corrected chi connectivity index (χ2v) is 32.4. The molecule has 0 saturated carbocycles. The number of carbonyl (C=O) groups excluding carboxylic acids is 1. The van der Waals surface area contributed by atoms with Crippen LogP contribution in [-0.2, 0) is 4.79 Å². The maximum absolute atomic E-state index is 12.3. The van der Waals surface area contributed by atoms with E-state index in [0.29, 0.717) is 5.91 Å². The molecule has 16 heavy (non-hydrogen) atoms. The predicted molar refractivity (Wildman–Crippen MR) is 78.1 cm³/mol. The van der Waals surface area contributed by atoms with Crippen LogP contribution in [-0.4, -0.2) is 48.0 Å². The van der Waals surface area contributed by atoms with Gasteiger partial charge in [-0.2, -0.15) is 0 Å². The van der Waals surface area contributed by atoms with Gasteiger partial charge in [-0.05, 0) is 0 Å². The molecular weight excluding hydrogens is 365 g/mol. The summed E-state index contributed by atoms with van der Waals surface area (Å²) in [7, 11) is 2.09. The Hall–Kier alpha value is 0.812. The fourth-order valence-corrected chi connectivity index (χ4v) is 15.7. The van der Waals surface area contributed by atoms with E-state index in [9.17, 15) is 4.79 Å². The van der Waals surface area contributed by atoms with E-state index in [4.69, 9.17) is 0 Å². The summed E-state index contributed by atoms with van der Waals surface area (Å²) in [4.78, 5) is 12.3. The van der Waals surface area contributed by atoms with E-state index < -0.39 is 31.9 Å². The van der Waals surface area contributed by atoms with E-state index in [2.05, 4.69) is 48.2 Å². The Morgan fingerprint density at radius 2 is 1.44 bits per heavy atom. The quantitative estimate of drug-likeness (QED) is 0.628. The molecule has 0 bridgehead atoms. The van der Waals surface area contributed by atoms with Crippen molar-refractivity contribution in [3.8, 4) is 0 Å². The summed E-state index contributed by atoms with van der Waals surface area (Å²) in [6.07, 6.45) is 0. The van der Waals surface area contributed by atoms with Crippen LogP contribution >= 0.6 is 0 Å². The van der Waals surface area contributed by atoms with Crippen molar-refractivity contribution in [2.75, 3.05) is 7.05 Å². The Morgan fingerprint density at radius 3 is 1.69 bits per heavy atom. The van der Waals surface area contributed by atoms with E-state index in [1.165, 1.54) is 13.3 Å². The zero-order valence-electron chi connectivity index (χ0n) is 12.2. The molecule has 0 N–H and O–H groups in total. The first-order valence-electron chi connectivity index (χ1n) is 6.49. The van der Waals surface area contributed by atoms with Crippen molar-refractivity contribution >= 4 is 37.8 Å². The van der Waals surface area contributed by atoms with E-state index in [1.807, 2.05) is 0 Å². The number of nitrogens with zero attached hydrogens (tertiary/aromatic N) is 1. The summed E-state index contributed by atoms with van der Waals surface area (Å²) in [5.74, 6) is 7.43. The molecule has 0 rings (SSSR count). The molecule has 0 atom stereocenters. The summed E-state index contributed by atoms with van der Waals surface area (Å²) >= 11 is -4.00. The predicted octanol–water partition coefficient (Wildman–Crippen LogP) is 3.79. The Morgan fingerprint density at radius 1 is 1.06 bits per heavy atom. The summed E-state index contributed by atoms with van der Waals surface area (Å²) in [6.45, 7) is 6.85. The molecular formula is C12H29GeNOSn. The molecule has 0 aliphatic heterocycles. The molecule has 2 nitrogen and oxygen atoms in total. The van der Waals surface area contributed by atoms with Crippen LogP contribution in [0.15, 0.2) is 0 Å². The zero-order chi connectivity index (χ0) is 13.0. The summed E-state index contributed by atoms with van der Waals surface area (Å²) in [5, 5.41) is 0.870. The third-order valence-corrected chi connectivity index (χ3v) is 22.6. The minimum atomic E-state index is -2.27. The Balaban J connectivity index is 4.75. The van der Waals surface area contributed by atoms with Crippen LogP contribution in [0, 0.1) is 0 Å². The van der Waals surface area contributed by atoms with Crippen LogP contribution in [0.2, 0.25) is 35.8 Å². The van der Waals surface area contributed by atoms with Crippen LogP contribution in [0.25, 0.3) is 0 Å². The number of hydrogen-bond donors (Lipinski definition) is 0. The molecule has 0 spiro atoms. The van der Waals surface area contributed by atoms with Gasteiger partial charge in [-0.15, -0.1) is 0 Å². The molecule has 4 heteroatoms. The van der Waals surface area contributed by atoms with Gasteiger partial charge in [-0.3, -0.25) is 0 Å². The third-order valence-electron chi connectivity index (χ3n) is 3.74. The van der Waals surface area contributed by atoms with E-state index in [1.54, 1.807) is 0 Å². The fourth-order valence-electron chi connectivity index (χ4n) is 2.30. The number of rotatable bonds is 6. The van der Waals surface area contributed by atoms with Crippen molar-refractivity contribution in [2.24, 2.45) is 0 Å². The standard InChI is InChI=1S/C6H15GeNO.3C2H5.Sn/c1-7(2,3)5-6(9)8-4;3*1-2;/h5H2,1-4H3,(H,8,9);3*1H2,2H3;/q;;;;+1/p-1. The van der Waals surface area contributed by atoms with Gasteiger partial charge in [-0.25, -0.2) is 0 Å². The molecule has 0 aromatic heterocycles. The Bertz CT molecular complexity index is 225. The summed E-state index contributed by atoms with van der Waals surface area (Å²) in [5.41, 5.74) is 0. The Kier molecular flexibility index (Phi) is 7.00. The number of carbonyl (C=O) groups is 1. The van der Waals surface area contributed by atoms with Crippen LogP contribution < -0.4 is 0 Å². The molecule has 0 aliphatic carbocycles. The first-order chi connectivity index (χ1) is 7.22. The second-order valence-electron chi connectivity index (χ2n) is 5.98. The Labute approximate surface area is 109 Å². The van der Waals surface area contributed by atoms with Gasteiger partial charge < -0.3 is 0 Å². The second kappa shape index (κ2) is 6.67. The molecule has 0 aromatic carbocycles. The van der Waals surface area contributed by atoms with Crippen LogP contribution in [0.4, 0.5) is 0 Å². The van der Waals surface area contributed by atoms with Gasteiger partial charge in [0.2, 0.25) is 0 Å². The van der Waals surface area contributed by atoms with Gasteiger partial charge in [0.15, 0.2) is 0 Å². The molecule has 0 aromatic rings. The third kappa shape index (κ3) is 4.59.